The van der Waals surface area contributed by atoms with Crippen LogP contribution in [0.1, 0.15) is 49.9 Å². The number of aromatic nitrogens is 2. The summed E-state index contributed by atoms with van der Waals surface area (Å²) >= 11 is 3.74. The van der Waals surface area contributed by atoms with Crippen LogP contribution in [0, 0.1) is 0 Å². The summed E-state index contributed by atoms with van der Waals surface area (Å²) in [6.45, 7) is 9.45. The Labute approximate surface area is 705 Å². The van der Waals surface area contributed by atoms with Gasteiger partial charge in [-0.3, -0.25) is 0 Å². The predicted octanol–water partition coefficient (Wildman–Crippen LogP) is 32.5. The van der Waals surface area contributed by atoms with Crippen molar-refractivity contribution in [2.75, 3.05) is 9.80 Å². The van der Waals surface area contributed by atoms with Crippen LogP contribution in [-0.2, 0) is 10.8 Å². The molecule has 0 N–H and O–H groups in total. The zero-order valence-electron chi connectivity index (χ0n) is 66.9. The van der Waals surface area contributed by atoms with Crippen LogP contribution >= 0.6 is 22.7 Å². The zero-order valence-corrected chi connectivity index (χ0v) is 68.5. The molecule has 2 aliphatic carbocycles. The molecule has 0 saturated carbocycles. The van der Waals surface area contributed by atoms with Gasteiger partial charge in [0.25, 0.3) is 0 Å². The maximum Gasteiger partial charge on any atom is 0.0640 e. The van der Waals surface area contributed by atoms with Gasteiger partial charge in [-0.25, -0.2) is 0 Å². The van der Waals surface area contributed by atoms with E-state index < -0.39 is 0 Å². The van der Waals surface area contributed by atoms with Crippen LogP contribution in [0.3, 0.4) is 0 Å². The number of fused-ring (bicyclic) bond motifs is 18. The Balaban J connectivity index is 0.000000140. The highest BCUT2D eigenvalue weighted by molar-refractivity contribution is 7.26. The molecular weight excluding hydrogens is 1490 g/mol. The van der Waals surface area contributed by atoms with E-state index >= 15 is 0 Å². The highest BCUT2D eigenvalue weighted by Crippen LogP contribution is 2.55. The number of thiophene rings is 2. The molecule has 0 bridgehead atoms. The molecule has 4 heterocycles. The Morgan fingerprint density at radius 1 is 0.208 bits per heavy atom. The van der Waals surface area contributed by atoms with E-state index in [4.69, 9.17) is 0 Å². The summed E-state index contributed by atoms with van der Waals surface area (Å²) in [6.07, 6.45) is 0. The highest BCUT2D eigenvalue weighted by Gasteiger charge is 2.38. The van der Waals surface area contributed by atoms with E-state index in [1.165, 1.54) is 179 Å². The van der Waals surface area contributed by atoms with Gasteiger partial charge in [0, 0.05) is 108 Å². The lowest BCUT2D eigenvalue weighted by Gasteiger charge is -2.28. The summed E-state index contributed by atoms with van der Waals surface area (Å²) in [6, 6.07) is 152. The second-order valence-electron chi connectivity index (χ2n) is 33.1. The number of nitrogens with zero attached hydrogens (tertiary/aromatic N) is 4. The topological polar surface area (TPSA) is 16.3 Å². The largest absolute Gasteiger partial charge is 0.310 e. The van der Waals surface area contributed by atoms with Gasteiger partial charge in [0.2, 0.25) is 0 Å². The fourth-order valence-corrected chi connectivity index (χ4v) is 21.9. The molecule has 0 radical (unpaired) electrons. The maximum atomic E-state index is 2.47. The summed E-state index contributed by atoms with van der Waals surface area (Å²) in [5.41, 5.74) is 34.3. The first kappa shape index (κ1) is 71.0. The van der Waals surface area contributed by atoms with Crippen molar-refractivity contribution in [1.82, 2.24) is 9.13 Å². The van der Waals surface area contributed by atoms with Crippen molar-refractivity contribution in [3.63, 3.8) is 0 Å². The van der Waals surface area contributed by atoms with Gasteiger partial charge in [-0.2, -0.15) is 0 Å². The molecule has 6 heteroatoms. The van der Waals surface area contributed by atoms with E-state index in [0.29, 0.717) is 0 Å². The fourth-order valence-electron chi connectivity index (χ4n) is 19.6. The first-order valence-corrected chi connectivity index (χ1v) is 43.1. The molecule has 22 aromatic rings. The van der Waals surface area contributed by atoms with Gasteiger partial charge < -0.3 is 18.9 Å². The third-order valence-electron chi connectivity index (χ3n) is 25.6. The average molecular weight is 1570 g/mol. The number of hydrogen-bond acceptors (Lipinski definition) is 4. The highest BCUT2D eigenvalue weighted by atomic mass is 32.1. The molecule has 24 rings (SSSR count). The van der Waals surface area contributed by atoms with Crippen molar-refractivity contribution >= 4 is 141 Å². The number of hydrogen-bond donors (Lipinski definition) is 0. The summed E-state index contributed by atoms with van der Waals surface area (Å²) in [4.78, 5) is 4.92. The van der Waals surface area contributed by atoms with Crippen LogP contribution in [0.2, 0.25) is 0 Å². The monoisotopic (exact) mass is 1570 g/mol. The first-order chi connectivity index (χ1) is 59.0. The Morgan fingerprint density at radius 2 is 0.542 bits per heavy atom. The summed E-state index contributed by atoms with van der Waals surface area (Å²) < 4.78 is 10.0. The number of benzene rings is 18. The fraction of sp³-hybridized carbons (Fsp3) is 0.0526. The Morgan fingerprint density at radius 3 is 1.02 bits per heavy atom. The summed E-state index contributed by atoms with van der Waals surface area (Å²) in [5.74, 6) is 0. The SMILES string of the molecule is CC1(C)c2ccccc2-c2ccc(N(c3ccc(-c4ccc5c(c4)c4cc(-c6ccccc6)ccc4n5-c4ccccc4)cc3)c3ccc4sc5ccccc5c4c3)cc21.CC1(C)c2ccccc2-c2ccc(N(c3ccc(-c4ccc5c(c4)c4cc(-c6ccccc6)ccc4n5-c4ccccc4)cc3)c3cccc4c3sc3ccccc34)cc21. The van der Waals surface area contributed by atoms with Crippen molar-refractivity contribution in [2.24, 2.45) is 0 Å². The third-order valence-corrected chi connectivity index (χ3v) is 27.9. The van der Waals surface area contributed by atoms with Crippen molar-refractivity contribution in [1.29, 1.82) is 0 Å². The molecule has 0 aliphatic heterocycles. The molecule has 120 heavy (non-hydrogen) atoms. The van der Waals surface area contributed by atoms with Crippen LogP contribution in [0.25, 0.3) is 162 Å². The van der Waals surface area contributed by atoms with Gasteiger partial charge in [0.1, 0.15) is 0 Å². The Bertz CT molecular complexity index is 7810. The van der Waals surface area contributed by atoms with Crippen molar-refractivity contribution in [3.8, 4) is 78.1 Å². The van der Waals surface area contributed by atoms with Gasteiger partial charge in [0.05, 0.1) is 32.5 Å². The molecule has 0 saturated heterocycles. The van der Waals surface area contributed by atoms with E-state index in [0.717, 1.165) is 39.8 Å². The molecule has 0 fully saturated rings. The van der Waals surface area contributed by atoms with E-state index in [9.17, 15) is 0 Å². The van der Waals surface area contributed by atoms with Crippen LogP contribution in [-0.4, -0.2) is 9.13 Å². The minimum absolute atomic E-state index is 0.102. The van der Waals surface area contributed by atoms with Crippen LogP contribution in [0.15, 0.2) is 413 Å². The maximum absolute atomic E-state index is 2.47. The molecule has 2 aliphatic rings. The van der Waals surface area contributed by atoms with Gasteiger partial charge in [-0.1, -0.05) is 282 Å². The van der Waals surface area contributed by atoms with Crippen molar-refractivity contribution in [3.05, 3.63) is 435 Å². The lowest BCUT2D eigenvalue weighted by Crippen LogP contribution is -2.16. The minimum atomic E-state index is -0.106. The van der Waals surface area contributed by atoms with Crippen molar-refractivity contribution < 1.29 is 0 Å². The van der Waals surface area contributed by atoms with Gasteiger partial charge in [-0.05, 0) is 247 Å². The molecule has 18 aromatic carbocycles. The summed E-state index contributed by atoms with van der Waals surface area (Å²) in [5, 5.41) is 10.2. The van der Waals surface area contributed by atoms with Gasteiger partial charge >= 0.3 is 0 Å². The molecule has 4 nitrogen and oxygen atoms in total. The second kappa shape index (κ2) is 28.2. The van der Waals surface area contributed by atoms with E-state index in [2.05, 4.69) is 459 Å². The van der Waals surface area contributed by atoms with Crippen molar-refractivity contribution in [2.45, 2.75) is 38.5 Å². The number of rotatable bonds is 12. The lowest BCUT2D eigenvalue weighted by atomic mass is 9.82. The first-order valence-electron chi connectivity index (χ1n) is 41.5. The molecule has 0 unspecified atom stereocenters. The van der Waals surface area contributed by atoms with E-state index in [1.807, 2.05) is 22.7 Å². The molecule has 0 atom stereocenters. The average Bonchev–Trinajstić information content (AvgIpc) is 1.58. The van der Waals surface area contributed by atoms with Gasteiger partial charge in [-0.15, -0.1) is 22.7 Å². The predicted molar refractivity (Wildman–Crippen MR) is 514 cm³/mol. The quantitative estimate of drug-likeness (QED) is 0.121. The summed E-state index contributed by atoms with van der Waals surface area (Å²) in [7, 11) is 0. The minimum Gasteiger partial charge on any atom is -0.310 e. The van der Waals surface area contributed by atoms with E-state index in [1.54, 1.807) is 0 Å². The van der Waals surface area contributed by atoms with Crippen LogP contribution < -0.4 is 9.80 Å². The zero-order chi connectivity index (χ0) is 79.9. The van der Waals surface area contributed by atoms with Crippen LogP contribution in [0.5, 0.6) is 0 Å². The lowest BCUT2D eigenvalue weighted by molar-refractivity contribution is 0.660. The molecule has 0 spiro atoms. The Kier molecular flexibility index (Phi) is 16.7. The van der Waals surface area contributed by atoms with Crippen LogP contribution in [0.4, 0.5) is 34.1 Å². The third kappa shape index (κ3) is 11.6. The molecular formula is C114H80N4S2. The van der Waals surface area contributed by atoms with E-state index in [-0.39, 0.29) is 10.8 Å². The van der Waals surface area contributed by atoms with Gasteiger partial charge in [0.15, 0.2) is 0 Å². The second-order valence-corrected chi connectivity index (χ2v) is 35.2. The smallest absolute Gasteiger partial charge is 0.0640 e. The number of anilines is 6. The Hall–Kier alpha value is -14.4. The molecule has 4 aromatic heterocycles. The number of para-hydroxylation sites is 2. The molecule has 568 valence electrons. The normalized spacial score (nSPS) is 13.0. The molecule has 0 amide bonds. The standard InChI is InChI=1S/2C57H40N2S/c1-57(2)50-21-11-9-18-44(50)45-31-30-43(36-51(45)57)58(54-22-13-20-47-46-19-10-12-23-55(46)60-56(47)54)42-28-24-38(25-29-42)40-27-33-53-49(35-40)48-34-39(37-14-5-3-6-15-37)26-32-52(48)59(53)41-16-7-4-8-17-41;1-57(2)51-19-11-9-17-45(51)46-29-27-44(36-52(46)57)58(43-28-32-56-50(35-43)47-18-10-12-20-55(47)60-56)42-25-21-38(22-26-42)40-24-31-54-49(34-40)48-33-39(37-13-5-3-6-14-37)23-30-53(48)59(54)41-15-7-4-8-16-41/h2*3-36H,1-2H3.